The Morgan fingerprint density at radius 1 is 1.50 bits per heavy atom. The molecular weight excluding hydrogens is 283 g/mol. The molecule has 20 heavy (non-hydrogen) atoms. The third-order valence-electron chi connectivity index (χ3n) is 2.55. The van der Waals surface area contributed by atoms with Crippen molar-refractivity contribution in [1.29, 1.82) is 0 Å². The summed E-state index contributed by atoms with van der Waals surface area (Å²) in [6.07, 6.45) is 7.60. The number of phosphoric ester groups is 1. The van der Waals surface area contributed by atoms with Crippen LogP contribution in [0.3, 0.4) is 0 Å². The summed E-state index contributed by atoms with van der Waals surface area (Å²) in [6, 6.07) is 1.65. The fourth-order valence-corrected chi connectivity index (χ4v) is 1.84. The number of nitrogens with zero attached hydrogens (tertiary/aromatic N) is 1. The van der Waals surface area contributed by atoms with E-state index in [1.165, 1.54) is 0 Å². The molecule has 0 aliphatic rings. The van der Waals surface area contributed by atoms with Gasteiger partial charge in [0, 0.05) is 12.2 Å². The maximum Gasteiger partial charge on any atom is 0.469 e. The molecule has 0 unspecified atom stereocenters. The van der Waals surface area contributed by atoms with Crippen molar-refractivity contribution in [2.45, 2.75) is 12.5 Å². The predicted molar refractivity (Wildman–Crippen MR) is 75.3 cm³/mol. The van der Waals surface area contributed by atoms with Crippen molar-refractivity contribution in [3.05, 3.63) is 30.1 Å². The average molecular weight is 302 g/mol. The highest BCUT2D eigenvalue weighted by Gasteiger charge is 2.16. The molecule has 0 amide bonds. The minimum atomic E-state index is -4.42. The van der Waals surface area contributed by atoms with Crippen LogP contribution in [0.15, 0.2) is 24.5 Å². The second-order valence-electron chi connectivity index (χ2n) is 4.07. The SMILES string of the molecule is CN[C@H](C/C=C/c1cncc(OC)c1)COP(=O)(O)O. The van der Waals surface area contributed by atoms with Crippen molar-refractivity contribution in [3.63, 3.8) is 0 Å². The fourth-order valence-electron chi connectivity index (χ4n) is 1.46. The van der Waals surface area contributed by atoms with Gasteiger partial charge in [0.25, 0.3) is 0 Å². The van der Waals surface area contributed by atoms with Crippen molar-refractivity contribution in [2.75, 3.05) is 20.8 Å². The molecule has 112 valence electrons. The van der Waals surface area contributed by atoms with Gasteiger partial charge in [-0.25, -0.2) is 4.57 Å². The third-order valence-corrected chi connectivity index (χ3v) is 3.04. The summed E-state index contributed by atoms with van der Waals surface area (Å²) in [5.74, 6) is 0.669. The molecule has 1 heterocycles. The monoisotopic (exact) mass is 302 g/mol. The predicted octanol–water partition coefficient (Wildman–Crippen LogP) is 1.19. The number of methoxy groups -OCH3 is 1. The van der Waals surface area contributed by atoms with Gasteiger partial charge in [-0.2, -0.15) is 0 Å². The number of nitrogens with one attached hydrogen (secondary N) is 1. The lowest BCUT2D eigenvalue weighted by atomic mass is 10.2. The summed E-state index contributed by atoms with van der Waals surface area (Å²) >= 11 is 0. The van der Waals surface area contributed by atoms with Crippen LogP contribution in [-0.4, -0.2) is 41.6 Å². The Morgan fingerprint density at radius 2 is 2.25 bits per heavy atom. The first-order chi connectivity index (χ1) is 9.44. The molecule has 0 saturated heterocycles. The molecule has 0 aliphatic heterocycles. The molecule has 3 N–H and O–H groups in total. The van der Waals surface area contributed by atoms with Gasteiger partial charge in [0.15, 0.2) is 0 Å². The molecule has 1 aromatic heterocycles. The van der Waals surface area contributed by atoms with Crippen molar-refractivity contribution in [1.82, 2.24) is 10.3 Å². The van der Waals surface area contributed by atoms with Gasteiger partial charge >= 0.3 is 7.82 Å². The topological polar surface area (TPSA) is 101 Å². The van der Waals surface area contributed by atoms with E-state index in [9.17, 15) is 4.57 Å². The summed E-state index contributed by atoms with van der Waals surface area (Å²) < 4.78 is 20.1. The van der Waals surface area contributed by atoms with E-state index in [-0.39, 0.29) is 12.6 Å². The molecule has 1 aromatic rings. The highest BCUT2D eigenvalue weighted by atomic mass is 31.2. The molecule has 8 heteroatoms. The quantitative estimate of drug-likeness (QED) is 0.620. The van der Waals surface area contributed by atoms with Crippen LogP contribution in [-0.2, 0) is 9.09 Å². The first-order valence-electron chi connectivity index (χ1n) is 5.97. The van der Waals surface area contributed by atoms with Gasteiger partial charge in [-0.15, -0.1) is 0 Å². The number of phosphoric acid groups is 1. The Morgan fingerprint density at radius 3 is 2.85 bits per heavy atom. The Kier molecular flexibility index (Phi) is 6.84. The Bertz CT molecular complexity index is 488. The molecule has 0 bridgehead atoms. The number of hydrogen-bond acceptors (Lipinski definition) is 5. The number of likely N-dealkylation sites (N-methyl/N-ethyl adjacent to an activating group) is 1. The minimum absolute atomic E-state index is 0.0680. The Hall–Kier alpha value is -1.24. The van der Waals surface area contributed by atoms with Crippen LogP contribution < -0.4 is 10.1 Å². The van der Waals surface area contributed by atoms with Gasteiger partial charge in [0.1, 0.15) is 5.75 Å². The van der Waals surface area contributed by atoms with Gasteiger partial charge in [-0.05, 0) is 25.1 Å². The highest BCUT2D eigenvalue weighted by molar-refractivity contribution is 7.46. The Balaban J connectivity index is 2.50. The van der Waals surface area contributed by atoms with Crippen molar-refractivity contribution in [3.8, 4) is 5.75 Å². The standard InChI is InChI=1S/C12H19N2O5P/c1-13-11(9-19-20(15,16)17)5-3-4-10-6-12(18-2)8-14-7-10/h3-4,6-8,11,13H,5,9H2,1-2H3,(H2,15,16,17)/b4-3+/t11-/m1/s1. The molecular formula is C12H19N2O5P. The van der Waals surface area contributed by atoms with Crippen LogP contribution in [0.1, 0.15) is 12.0 Å². The number of hydrogen-bond donors (Lipinski definition) is 3. The van der Waals surface area contributed by atoms with Gasteiger partial charge in [-0.1, -0.05) is 12.2 Å². The van der Waals surface area contributed by atoms with E-state index in [4.69, 9.17) is 14.5 Å². The number of aromatic nitrogens is 1. The summed E-state index contributed by atoms with van der Waals surface area (Å²) in [7, 11) is -1.15. The maximum absolute atomic E-state index is 10.6. The smallest absolute Gasteiger partial charge is 0.469 e. The lowest BCUT2D eigenvalue weighted by Crippen LogP contribution is -2.29. The molecule has 0 saturated carbocycles. The summed E-state index contributed by atoms with van der Waals surface area (Å²) in [4.78, 5) is 21.3. The van der Waals surface area contributed by atoms with E-state index in [0.29, 0.717) is 12.2 Å². The lowest BCUT2D eigenvalue weighted by Gasteiger charge is -2.14. The van der Waals surface area contributed by atoms with Gasteiger partial charge in [-0.3, -0.25) is 9.51 Å². The summed E-state index contributed by atoms with van der Waals surface area (Å²) in [5, 5.41) is 2.92. The number of pyridine rings is 1. The van der Waals surface area contributed by atoms with Gasteiger partial charge < -0.3 is 19.8 Å². The zero-order chi connectivity index (χ0) is 15.0. The largest absolute Gasteiger partial charge is 0.495 e. The molecule has 0 fully saturated rings. The normalized spacial score (nSPS) is 13.6. The van der Waals surface area contributed by atoms with Crippen LogP contribution >= 0.6 is 7.82 Å². The van der Waals surface area contributed by atoms with E-state index in [2.05, 4.69) is 14.8 Å². The zero-order valence-corrected chi connectivity index (χ0v) is 12.3. The van der Waals surface area contributed by atoms with Gasteiger partial charge in [0.05, 0.1) is 19.9 Å². The molecule has 0 radical (unpaired) electrons. The zero-order valence-electron chi connectivity index (χ0n) is 11.4. The van der Waals surface area contributed by atoms with Crippen LogP contribution in [0, 0.1) is 0 Å². The van der Waals surface area contributed by atoms with Crippen molar-refractivity contribution < 1.29 is 23.6 Å². The lowest BCUT2D eigenvalue weighted by molar-refractivity contribution is 0.179. The first kappa shape index (κ1) is 16.8. The average Bonchev–Trinajstić information content (AvgIpc) is 2.41. The molecule has 0 aliphatic carbocycles. The Labute approximate surface area is 117 Å². The van der Waals surface area contributed by atoms with E-state index in [0.717, 1.165) is 5.56 Å². The van der Waals surface area contributed by atoms with Crippen LogP contribution in [0.4, 0.5) is 0 Å². The summed E-state index contributed by atoms with van der Waals surface area (Å²) in [5.41, 5.74) is 0.884. The van der Waals surface area contributed by atoms with Gasteiger partial charge in [0.2, 0.25) is 0 Å². The number of rotatable bonds is 8. The summed E-state index contributed by atoms with van der Waals surface area (Å²) in [6.45, 7) is -0.0680. The molecule has 0 spiro atoms. The number of ether oxygens (including phenoxy) is 1. The van der Waals surface area contributed by atoms with E-state index in [1.54, 1.807) is 26.6 Å². The van der Waals surface area contributed by atoms with Crippen LogP contribution in [0.2, 0.25) is 0 Å². The third kappa shape index (κ3) is 6.79. The first-order valence-corrected chi connectivity index (χ1v) is 7.50. The molecule has 1 rings (SSSR count). The maximum atomic E-state index is 10.6. The van der Waals surface area contributed by atoms with Crippen LogP contribution in [0.5, 0.6) is 5.75 Å². The highest BCUT2D eigenvalue weighted by Crippen LogP contribution is 2.35. The second kappa shape index (κ2) is 8.14. The van der Waals surface area contributed by atoms with E-state index >= 15 is 0 Å². The van der Waals surface area contributed by atoms with Crippen molar-refractivity contribution in [2.24, 2.45) is 0 Å². The fraction of sp³-hybridized carbons (Fsp3) is 0.417. The molecule has 0 aromatic carbocycles. The van der Waals surface area contributed by atoms with E-state index < -0.39 is 7.82 Å². The van der Waals surface area contributed by atoms with E-state index in [1.807, 2.05) is 18.2 Å². The second-order valence-corrected chi connectivity index (χ2v) is 5.31. The van der Waals surface area contributed by atoms with Crippen molar-refractivity contribution >= 4 is 13.9 Å². The molecule has 1 atom stereocenters. The van der Waals surface area contributed by atoms with Crippen LogP contribution in [0.25, 0.3) is 6.08 Å². The minimum Gasteiger partial charge on any atom is -0.495 e. The molecule has 7 nitrogen and oxygen atoms in total.